The summed E-state index contributed by atoms with van der Waals surface area (Å²) in [5, 5.41) is 5.15. The van der Waals surface area contributed by atoms with Crippen molar-refractivity contribution in [1.82, 2.24) is 19.7 Å². The molecule has 0 saturated heterocycles. The number of benzene rings is 3. The summed E-state index contributed by atoms with van der Waals surface area (Å²) in [6.45, 7) is -2.55. The standard InChI is InChI=1S/C29H22F2N4O2/c1-34-14-22-20(9-10-27(28(22)33-34)37-17-18-6-3-2-4-7-18)19-12-24(30)23(25(31)13-19)15-35-16-26-21(29(35)36)8-5-11-32-26/h2-14H,15-17H2,1H3/i16D2. The number of fused-ring (bicyclic) bond motifs is 2. The second kappa shape index (κ2) is 9.13. The van der Waals surface area contributed by atoms with Gasteiger partial charge in [0.25, 0.3) is 5.91 Å². The van der Waals surface area contributed by atoms with E-state index in [2.05, 4.69) is 10.1 Å². The van der Waals surface area contributed by atoms with Gasteiger partial charge < -0.3 is 9.64 Å². The third kappa shape index (κ3) is 4.20. The van der Waals surface area contributed by atoms with Crippen LogP contribution in [0.2, 0.25) is 0 Å². The predicted molar refractivity (Wildman–Crippen MR) is 135 cm³/mol. The first-order chi connectivity index (χ1) is 18.7. The molecule has 37 heavy (non-hydrogen) atoms. The fourth-order valence-electron chi connectivity index (χ4n) is 4.47. The Hall–Kier alpha value is -4.59. The van der Waals surface area contributed by atoms with Crippen molar-refractivity contribution in [2.45, 2.75) is 19.6 Å². The molecule has 0 bridgehead atoms. The number of halogens is 2. The van der Waals surface area contributed by atoms with Crippen molar-refractivity contribution in [3.05, 3.63) is 113 Å². The Morgan fingerprint density at radius 3 is 2.57 bits per heavy atom. The lowest BCUT2D eigenvalue weighted by Gasteiger charge is -2.17. The van der Waals surface area contributed by atoms with Crippen LogP contribution in [0.4, 0.5) is 8.78 Å². The number of aromatic nitrogens is 3. The van der Waals surface area contributed by atoms with E-state index in [1.165, 1.54) is 30.5 Å². The van der Waals surface area contributed by atoms with Crippen molar-refractivity contribution in [2.75, 3.05) is 0 Å². The van der Waals surface area contributed by atoms with Crippen molar-refractivity contribution in [1.29, 1.82) is 0 Å². The summed E-state index contributed by atoms with van der Waals surface area (Å²) >= 11 is 0. The molecule has 6 rings (SSSR count). The van der Waals surface area contributed by atoms with Crippen LogP contribution in [0.1, 0.15) is 29.9 Å². The van der Waals surface area contributed by atoms with Crippen LogP contribution < -0.4 is 4.74 Å². The minimum atomic E-state index is -2.30. The zero-order chi connectivity index (χ0) is 27.3. The lowest BCUT2D eigenvalue weighted by atomic mass is 9.99. The lowest BCUT2D eigenvalue weighted by Crippen LogP contribution is -2.24. The molecule has 3 heterocycles. The van der Waals surface area contributed by atoms with Crippen molar-refractivity contribution < 1.29 is 21.1 Å². The molecule has 1 aliphatic rings. The molecule has 2 aromatic heterocycles. The second-order valence-electron chi connectivity index (χ2n) is 8.77. The van der Waals surface area contributed by atoms with Crippen molar-refractivity contribution in [3.8, 4) is 16.9 Å². The van der Waals surface area contributed by atoms with Crippen LogP contribution in [0.3, 0.4) is 0 Å². The van der Waals surface area contributed by atoms with E-state index in [0.29, 0.717) is 28.8 Å². The fraction of sp³-hybridized carbons (Fsp3) is 0.138. The van der Waals surface area contributed by atoms with E-state index in [9.17, 15) is 4.79 Å². The van der Waals surface area contributed by atoms with Crippen LogP contribution in [0, 0.1) is 11.6 Å². The van der Waals surface area contributed by atoms with Gasteiger partial charge >= 0.3 is 0 Å². The van der Waals surface area contributed by atoms with Crippen molar-refractivity contribution in [2.24, 2.45) is 7.05 Å². The zero-order valence-corrected chi connectivity index (χ0v) is 19.8. The van der Waals surface area contributed by atoms with Gasteiger partial charge in [-0.25, -0.2) is 8.78 Å². The summed E-state index contributed by atoms with van der Waals surface area (Å²) in [4.78, 5) is 17.6. The van der Waals surface area contributed by atoms with E-state index in [1.807, 2.05) is 30.3 Å². The molecule has 1 amide bonds. The van der Waals surface area contributed by atoms with Gasteiger partial charge in [-0.15, -0.1) is 0 Å². The second-order valence-corrected chi connectivity index (χ2v) is 8.77. The number of ether oxygens (including phenoxy) is 1. The lowest BCUT2D eigenvalue weighted by molar-refractivity contribution is 0.0763. The number of aryl methyl sites for hydroxylation is 1. The monoisotopic (exact) mass is 498 g/mol. The molecule has 184 valence electrons. The fourth-order valence-corrected chi connectivity index (χ4v) is 4.47. The maximum atomic E-state index is 15.4. The van der Waals surface area contributed by atoms with Gasteiger partial charge in [0.15, 0.2) is 0 Å². The first kappa shape index (κ1) is 20.6. The Morgan fingerprint density at radius 1 is 1.03 bits per heavy atom. The molecule has 1 aliphatic heterocycles. The minimum Gasteiger partial charge on any atom is -0.487 e. The largest absolute Gasteiger partial charge is 0.487 e. The first-order valence-electron chi connectivity index (χ1n) is 12.6. The third-order valence-electron chi connectivity index (χ3n) is 6.28. The third-order valence-corrected chi connectivity index (χ3v) is 6.28. The molecule has 0 fully saturated rings. The van der Waals surface area contributed by atoms with Crippen LogP contribution in [0.5, 0.6) is 5.75 Å². The summed E-state index contributed by atoms with van der Waals surface area (Å²) in [5.41, 5.74) is 1.98. The highest BCUT2D eigenvalue weighted by Gasteiger charge is 2.29. The molecule has 8 heteroatoms. The highest BCUT2D eigenvalue weighted by Crippen LogP contribution is 2.36. The molecule has 0 radical (unpaired) electrons. The van der Waals surface area contributed by atoms with Gasteiger partial charge in [0.05, 0.1) is 27.0 Å². The molecule has 0 saturated carbocycles. The number of nitrogens with zero attached hydrogens (tertiary/aromatic N) is 4. The Kier molecular flexibility index (Phi) is 5.08. The van der Waals surface area contributed by atoms with Crippen LogP contribution in [0.25, 0.3) is 22.0 Å². The van der Waals surface area contributed by atoms with E-state index in [-0.39, 0.29) is 16.8 Å². The maximum Gasteiger partial charge on any atom is 0.256 e. The van der Waals surface area contributed by atoms with E-state index in [0.717, 1.165) is 10.5 Å². The smallest absolute Gasteiger partial charge is 0.256 e. The van der Waals surface area contributed by atoms with Gasteiger partial charge in [-0.2, -0.15) is 5.10 Å². The summed E-state index contributed by atoms with van der Waals surface area (Å²) in [5.74, 6) is -1.91. The number of carbonyl (C=O) groups is 1. The Bertz CT molecular complexity index is 1720. The Morgan fingerprint density at radius 2 is 1.81 bits per heavy atom. The number of hydrogen-bond donors (Lipinski definition) is 0. The minimum absolute atomic E-state index is 0.0685. The van der Waals surface area contributed by atoms with Gasteiger partial charge in [0.2, 0.25) is 0 Å². The topological polar surface area (TPSA) is 60.3 Å². The molecule has 6 nitrogen and oxygen atoms in total. The Balaban J connectivity index is 1.33. The highest BCUT2D eigenvalue weighted by molar-refractivity contribution is 5.98. The number of pyridine rings is 1. The van der Waals surface area contributed by atoms with Gasteiger partial charge in [-0.3, -0.25) is 14.5 Å². The first-order valence-corrected chi connectivity index (χ1v) is 11.6. The predicted octanol–water partition coefficient (Wildman–Crippen LogP) is 5.65. The maximum absolute atomic E-state index is 15.4. The van der Waals surface area contributed by atoms with Gasteiger partial charge in [0, 0.05) is 30.4 Å². The number of amides is 1. The van der Waals surface area contributed by atoms with Crippen LogP contribution in [0.15, 0.2) is 79.1 Å². The van der Waals surface area contributed by atoms with Gasteiger partial charge in [0.1, 0.15) is 29.5 Å². The van der Waals surface area contributed by atoms with E-state index >= 15 is 8.78 Å². The number of carbonyl (C=O) groups excluding carboxylic acids is 1. The average molecular weight is 499 g/mol. The van der Waals surface area contributed by atoms with Gasteiger partial charge in [-0.05, 0) is 53.1 Å². The molecule has 0 aliphatic carbocycles. The Labute approximate surface area is 214 Å². The normalized spacial score (nSPS) is 15.0. The molecule has 0 unspecified atom stereocenters. The summed E-state index contributed by atoms with van der Waals surface area (Å²) in [7, 11) is 1.75. The SMILES string of the molecule is [2H]C1([2H])c2ncccc2C(=O)N1Cc1c(F)cc(-c2ccc(OCc3ccccc3)c3nn(C)cc23)cc1F. The number of rotatable bonds is 6. The molecule has 0 spiro atoms. The van der Waals surface area contributed by atoms with Crippen LogP contribution in [-0.4, -0.2) is 25.6 Å². The molecule has 0 atom stereocenters. The van der Waals surface area contributed by atoms with E-state index < -0.39 is 36.1 Å². The molecule has 3 aromatic carbocycles. The van der Waals surface area contributed by atoms with Crippen molar-refractivity contribution in [3.63, 3.8) is 0 Å². The number of hydrogen-bond acceptors (Lipinski definition) is 4. The molecule has 0 N–H and O–H groups in total. The molecular weight excluding hydrogens is 474 g/mol. The highest BCUT2D eigenvalue weighted by atomic mass is 19.1. The summed E-state index contributed by atoms with van der Waals surface area (Å²) in [6.07, 6.45) is 3.13. The van der Waals surface area contributed by atoms with Crippen LogP contribution >= 0.6 is 0 Å². The quantitative estimate of drug-likeness (QED) is 0.304. The average Bonchev–Trinajstić information content (AvgIpc) is 3.40. The van der Waals surface area contributed by atoms with E-state index in [4.69, 9.17) is 7.48 Å². The molecule has 5 aromatic rings. The van der Waals surface area contributed by atoms with Crippen LogP contribution in [-0.2, 0) is 26.7 Å². The van der Waals surface area contributed by atoms with E-state index in [1.54, 1.807) is 30.1 Å². The summed E-state index contributed by atoms with van der Waals surface area (Å²) < 4.78 is 55.1. The summed E-state index contributed by atoms with van der Waals surface area (Å²) in [6, 6.07) is 18.5. The zero-order valence-electron chi connectivity index (χ0n) is 21.8. The molecular formula is C29H22F2N4O2. The van der Waals surface area contributed by atoms with Crippen molar-refractivity contribution >= 4 is 16.8 Å². The van der Waals surface area contributed by atoms with Gasteiger partial charge in [-0.1, -0.05) is 30.3 Å².